The van der Waals surface area contributed by atoms with Crippen LogP contribution in [0.15, 0.2) is 24.3 Å². The normalized spacial score (nSPS) is 10.7. The number of hydrogen-bond acceptors (Lipinski definition) is 3. The lowest BCUT2D eigenvalue weighted by molar-refractivity contribution is 0.767. The van der Waals surface area contributed by atoms with Gasteiger partial charge in [0.25, 0.3) is 0 Å². The molecule has 0 aliphatic heterocycles. The molecule has 0 saturated heterocycles. The second-order valence-corrected chi connectivity index (χ2v) is 3.87. The first-order chi connectivity index (χ1) is 7.76. The van der Waals surface area contributed by atoms with E-state index in [9.17, 15) is 0 Å². The zero-order chi connectivity index (χ0) is 11.5. The first-order valence-electron chi connectivity index (χ1n) is 5.15. The molecule has 0 aliphatic rings. The second kappa shape index (κ2) is 4.63. The van der Waals surface area contributed by atoms with Gasteiger partial charge in [0.05, 0.1) is 17.1 Å². The molecule has 1 aromatic heterocycles. The van der Waals surface area contributed by atoms with E-state index in [-0.39, 0.29) is 0 Å². The van der Waals surface area contributed by atoms with Crippen LogP contribution in [0, 0.1) is 0 Å². The molecule has 2 rings (SSSR count). The molecule has 84 valence electrons. The summed E-state index contributed by atoms with van der Waals surface area (Å²) in [5.41, 5.74) is 8.45. The van der Waals surface area contributed by atoms with Gasteiger partial charge in [-0.15, -0.1) is 5.10 Å². The zero-order valence-corrected chi connectivity index (χ0v) is 9.78. The molecule has 1 aromatic carbocycles. The second-order valence-electron chi connectivity index (χ2n) is 3.43. The van der Waals surface area contributed by atoms with Gasteiger partial charge in [0.1, 0.15) is 0 Å². The number of halogens is 1. The average molecular weight is 237 g/mol. The van der Waals surface area contributed by atoms with Gasteiger partial charge in [0.2, 0.25) is 0 Å². The van der Waals surface area contributed by atoms with Gasteiger partial charge in [-0.3, -0.25) is 0 Å². The van der Waals surface area contributed by atoms with Crippen molar-refractivity contribution in [2.45, 2.75) is 19.9 Å². The van der Waals surface area contributed by atoms with Crippen LogP contribution in [0.4, 0.5) is 0 Å². The van der Waals surface area contributed by atoms with Crippen LogP contribution in [-0.4, -0.2) is 15.0 Å². The third kappa shape index (κ3) is 1.94. The summed E-state index contributed by atoms with van der Waals surface area (Å²) < 4.78 is 1.80. The highest BCUT2D eigenvalue weighted by Crippen LogP contribution is 2.16. The predicted octanol–water partition coefficient (Wildman–Crippen LogP) is 1.94. The van der Waals surface area contributed by atoms with Gasteiger partial charge < -0.3 is 5.73 Å². The molecular weight excluding hydrogens is 224 g/mol. The molecule has 0 unspecified atom stereocenters. The van der Waals surface area contributed by atoms with Crippen LogP contribution in [0.25, 0.3) is 5.69 Å². The van der Waals surface area contributed by atoms with Gasteiger partial charge in [-0.2, -0.15) is 0 Å². The first kappa shape index (κ1) is 11.1. The van der Waals surface area contributed by atoms with Crippen molar-refractivity contribution in [1.82, 2.24) is 15.0 Å². The lowest BCUT2D eigenvalue weighted by Crippen LogP contribution is -2.04. The van der Waals surface area contributed by atoms with Crippen LogP contribution in [0.2, 0.25) is 5.02 Å². The molecule has 0 bridgehead atoms. The Balaban J connectivity index is 2.47. The quantitative estimate of drug-likeness (QED) is 0.886. The smallest absolute Gasteiger partial charge is 0.0999 e. The van der Waals surface area contributed by atoms with E-state index in [4.69, 9.17) is 17.3 Å². The van der Waals surface area contributed by atoms with Crippen LogP contribution in [0.5, 0.6) is 0 Å². The summed E-state index contributed by atoms with van der Waals surface area (Å²) in [5.74, 6) is 0. The number of aromatic nitrogens is 3. The Morgan fingerprint density at radius 3 is 2.56 bits per heavy atom. The van der Waals surface area contributed by atoms with E-state index < -0.39 is 0 Å². The molecule has 2 aromatic rings. The lowest BCUT2D eigenvalue weighted by atomic mass is 10.2. The summed E-state index contributed by atoms with van der Waals surface area (Å²) in [6, 6.07) is 7.49. The summed E-state index contributed by atoms with van der Waals surface area (Å²) >= 11 is 5.84. The molecular formula is C11H13ClN4. The maximum Gasteiger partial charge on any atom is 0.0999 e. The fourth-order valence-electron chi connectivity index (χ4n) is 1.63. The predicted molar refractivity (Wildman–Crippen MR) is 63.6 cm³/mol. The van der Waals surface area contributed by atoms with E-state index in [0.717, 1.165) is 23.5 Å². The number of nitrogens with zero attached hydrogens (tertiary/aromatic N) is 3. The number of rotatable bonds is 3. The van der Waals surface area contributed by atoms with Crippen LogP contribution in [-0.2, 0) is 13.0 Å². The highest BCUT2D eigenvalue weighted by atomic mass is 35.5. The Bertz CT molecular complexity index is 475. The zero-order valence-electron chi connectivity index (χ0n) is 9.02. The van der Waals surface area contributed by atoms with Crippen LogP contribution < -0.4 is 5.73 Å². The third-order valence-electron chi connectivity index (χ3n) is 2.44. The Labute approximate surface area is 99.0 Å². The fraction of sp³-hybridized carbons (Fsp3) is 0.273. The van der Waals surface area contributed by atoms with Crippen LogP contribution in [0.1, 0.15) is 18.3 Å². The largest absolute Gasteiger partial charge is 0.325 e. The van der Waals surface area contributed by atoms with Crippen molar-refractivity contribution >= 4 is 11.6 Å². The van der Waals surface area contributed by atoms with Gasteiger partial charge >= 0.3 is 0 Å². The summed E-state index contributed by atoms with van der Waals surface area (Å²) in [7, 11) is 0. The minimum Gasteiger partial charge on any atom is -0.325 e. The van der Waals surface area contributed by atoms with Crippen molar-refractivity contribution in [3.8, 4) is 5.69 Å². The van der Waals surface area contributed by atoms with Crippen molar-refractivity contribution in [2.75, 3.05) is 0 Å². The van der Waals surface area contributed by atoms with Crippen molar-refractivity contribution in [2.24, 2.45) is 5.73 Å². The summed E-state index contributed by atoms with van der Waals surface area (Å²) in [5, 5.41) is 8.87. The van der Waals surface area contributed by atoms with E-state index in [2.05, 4.69) is 17.2 Å². The topological polar surface area (TPSA) is 56.7 Å². The monoisotopic (exact) mass is 236 g/mol. The summed E-state index contributed by atoms with van der Waals surface area (Å²) in [6.45, 7) is 2.47. The molecule has 0 fully saturated rings. The molecule has 0 aliphatic carbocycles. The lowest BCUT2D eigenvalue weighted by Gasteiger charge is -2.05. The molecule has 0 spiro atoms. The van der Waals surface area contributed by atoms with Gasteiger partial charge in [0.15, 0.2) is 0 Å². The Kier molecular flexibility index (Phi) is 3.22. The number of hydrogen-bond donors (Lipinski definition) is 1. The highest BCUT2D eigenvalue weighted by Gasteiger charge is 2.10. The average Bonchev–Trinajstić information content (AvgIpc) is 2.72. The van der Waals surface area contributed by atoms with E-state index in [1.165, 1.54) is 0 Å². The third-order valence-corrected chi connectivity index (χ3v) is 2.70. The van der Waals surface area contributed by atoms with Crippen LogP contribution in [0.3, 0.4) is 0 Å². The van der Waals surface area contributed by atoms with Gasteiger partial charge in [0, 0.05) is 11.6 Å². The maximum atomic E-state index is 5.84. The molecule has 16 heavy (non-hydrogen) atoms. The molecule has 2 N–H and O–H groups in total. The van der Waals surface area contributed by atoms with E-state index in [1.54, 1.807) is 4.68 Å². The molecule has 0 amide bonds. The molecule has 4 nitrogen and oxygen atoms in total. The van der Waals surface area contributed by atoms with E-state index in [0.29, 0.717) is 11.6 Å². The van der Waals surface area contributed by atoms with Gasteiger partial charge in [-0.1, -0.05) is 23.7 Å². The van der Waals surface area contributed by atoms with Crippen molar-refractivity contribution < 1.29 is 0 Å². The number of benzene rings is 1. The molecule has 0 atom stereocenters. The standard InChI is InChI=1S/C11H13ClN4/c1-2-11-10(7-13)14-15-16(11)9-5-3-8(12)4-6-9/h3-6H,2,7,13H2,1H3. The number of nitrogens with two attached hydrogens (primary N) is 1. The fourth-order valence-corrected chi connectivity index (χ4v) is 1.76. The molecule has 0 saturated carbocycles. The van der Waals surface area contributed by atoms with Crippen molar-refractivity contribution in [3.63, 3.8) is 0 Å². The molecule has 1 heterocycles. The Morgan fingerprint density at radius 1 is 1.31 bits per heavy atom. The first-order valence-corrected chi connectivity index (χ1v) is 5.53. The minimum absolute atomic E-state index is 0.413. The Hall–Kier alpha value is -1.39. The van der Waals surface area contributed by atoms with Gasteiger partial charge in [-0.25, -0.2) is 4.68 Å². The van der Waals surface area contributed by atoms with Crippen molar-refractivity contribution in [1.29, 1.82) is 0 Å². The molecule has 0 radical (unpaired) electrons. The van der Waals surface area contributed by atoms with Gasteiger partial charge in [-0.05, 0) is 30.7 Å². The van der Waals surface area contributed by atoms with E-state index >= 15 is 0 Å². The van der Waals surface area contributed by atoms with Crippen molar-refractivity contribution in [3.05, 3.63) is 40.7 Å². The highest BCUT2D eigenvalue weighted by molar-refractivity contribution is 6.30. The van der Waals surface area contributed by atoms with E-state index in [1.807, 2.05) is 24.3 Å². The van der Waals surface area contributed by atoms with Crippen LogP contribution >= 0.6 is 11.6 Å². The maximum absolute atomic E-state index is 5.84. The Morgan fingerprint density at radius 2 is 2.00 bits per heavy atom. The summed E-state index contributed by atoms with van der Waals surface area (Å²) in [4.78, 5) is 0. The molecule has 5 heteroatoms. The summed E-state index contributed by atoms with van der Waals surface area (Å²) in [6.07, 6.45) is 0.849. The minimum atomic E-state index is 0.413. The SMILES string of the molecule is CCc1c(CN)nnn1-c1ccc(Cl)cc1.